The molecular formula is C122H79FN6S3. The number of rotatable bonds is 13. The van der Waals surface area contributed by atoms with Crippen molar-refractivity contribution in [3.8, 4) is 28.2 Å². The number of benzene rings is 21. The molecule has 10 heteroatoms. The van der Waals surface area contributed by atoms with Crippen molar-refractivity contribution in [1.82, 2.24) is 13.7 Å². The quantitative estimate of drug-likeness (QED) is 0.115. The molecule has 0 saturated carbocycles. The highest BCUT2D eigenvalue weighted by molar-refractivity contribution is 7.28. The second-order valence-electron chi connectivity index (χ2n) is 33.4. The maximum absolute atomic E-state index is 14.1. The number of fused-ring (bicyclic) bond motifs is 20. The van der Waals surface area contributed by atoms with Crippen molar-refractivity contribution in [3.05, 3.63) is 485 Å². The van der Waals surface area contributed by atoms with Crippen LogP contribution in [0.3, 0.4) is 0 Å². The summed E-state index contributed by atoms with van der Waals surface area (Å²) in [7, 11) is 0. The fourth-order valence-electron chi connectivity index (χ4n) is 20.2. The van der Waals surface area contributed by atoms with E-state index in [-0.39, 0.29) is 5.82 Å². The van der Waals surface area contributed by atoms with Crippen LogP contribution < -0.4 is 14.7 Å². The third-order valence-corrected chi connectivity index (χ3v) is 29.7. The zero-order valence-electron chi connectivity index (χ0n) is 71.4. The van der Waals surface area contributed by atoms with E-state index in [0.717, 1.165) is 44.9 Å². The maximum Gasteiger partial charge on any atom is 0.123 e. The molecule has 0 aliphatic heterocycles. The highest BCUT2D eigenvalue weighted by atomic mass is 32.1. The normalized spacial score (nSPS) is 11.7. The Morgan fingerprint density at radius 2 is 0.417 bits per heavy atom. The van der Waals surface area contributed by atoms with E-state index in [0.29, 0.717) is 0 Å². The van der Waals surface area contributed by atoms with E-state index in [1.54, 1.807) is 0 Å². The molecule has 6 aromatic heterocycles. The van der Waals surface area contributed by atoms with Gasteiger partial charge in [-0.2, -0.15) is 0 Å². The van der Waals surface area contributed by atoms with Crippen molar-refractivity contribution in [2.75, 3.05) is 14.7 Å². The molecule has 0 aliphatic carbocycles. The van der Waals surface area contributed by atoms with E-state index in [1.807, 2.05) is 46.1 Å². The Hall–Kier alpha value is -16.5. The van der Waals surface area contributed by atoms with Gasteiger partial charge in [0.25, 0.3) is 0 Å². The van der Waals surface area contributed by atoms with Crippen LogP contribution in [0.25, 0.3) is 176 Å². The van der Waals surface area contributed by atoms with Gasteiger partial charge >= 0.3 is 0 Å². The van der Waals surface area contributed by atoms with Gasteiger partial charge in [0.1, 0.15) is 5.82 Å². The van der Waals surface area contributed by atoms with Crippen molar-refractivity contribution in [3.63, 3.8) is 0 Å². The van der Waals surface area contributed by atoms with Crippen LogP contribution in [0, 0.1) is 5.82 Å². The van der Waals surface area contributed by atoms with Gasteiger partial charge in [0.15, 0.2) is 0 Å². The minimum atomic E-state index is -0.245. The smallest absolute Gasteiger partial charge is 0.123 e. The molecule has 27 aromatic rings. The molecule has 0 N–H and O–H groups in total. The first-order valence-corrected chi connectivity index (χ1v) is 47.1. The zero-order valence-corrected chi connectivity index (χ0v) is 73.8. The topological polar surface area (TPSA) is 24.5 Å². The van der Waals surface area contributed by atoms with Gasteiger partial charge < -0.3 is 28.4 Å². The SMILES string of the molecule is Fc1ccc(N(c2cccc3ccccc23)c2cccc3c2sc2c4ccccc4n(-c4ccccc4)c32)cc1.c1ccc(-n2c3ccccc3c3sc4c(N(c5ccc(-c6cccc7ccccc67)cc5)c5cccc6ccccc56)cccc4c32)cc1.c1ccc(-n2c3ccccc3c3sc4c(N(c5cccc6ccccc56)c5cccc6ccccc56)cccc4c32)cc1. The van der Waals surface area contributed by atoms with Gasteiger partial charge in [0, 0.05) is 82.3 Å². The number of anilines is 9. The average molecular weight is 1740 g/mol. The molecule has 132 heavy (non-hydrogen) atoms. The van der Waals surface area contributed by atoms with Gasteiger partial charge in [-0.1, -0.05) is 346 Å². The lowest BCUT2D eigenvalue weighted by Gasteiger charge is -2.28. The molecule has 6 heterocycles. The third kappa shape index (κ3) is 13.1. The van der Waals surface area contributed by atoms with Crippen LogP contribution in [-0.4, -0.2) is 13.7 Å². The number of halogens is 1. The highest BCUT2D eigenvalue weighted by Gasteiger charge is 2.29. The van der Waals surface area contributed by atoms with Gasteiger partial charge in [0.05, 0.1) is 101 Å². The highest BCUT2D eigenvalue weighted by Crippen LogP contribution is 2.55. The fraction of sp³-hybridized carbons (Fsp3) is 0. The Kier molecular flexibility index (Phi) is 19.3. The lowest BCUT2D eigenvalue weighted by molar-refractivity contribution is 0.628. The van der Waals surface area contributed by atoms with Gasteiger partial charge in [-0.05, 0) is 177 Å². The van der Waals surface area contributed by atoms with Crippen LogP contribution in [0.2, 0.25) is 0 Å². The Labute approximate surface area is 772 Å². The van der Waals surface area contributed by atoms with Crippen LogP contribution in [0.5, 0.6) is 0 Å². The molecule has 0 radical (unpaired) electrons. The van der Waals surface area contributed by atoms with E-state index in [1.165, 1.54) is 194 Å². The molecule has 0 bridgehead atoms. The molecule has 0 saturated heterocycles. The Balaban J connectivity index is 0.000000107. The lowest BCUT2D eigenvalue weighted by Crippen LogP contribution is -2.11. The summed E-state index contributed by atoms with van der Waals surface area (Å²) in [6.45, 7) is 0. The molecule has 21 aromatic carbocycles. The van der Waals surface area contributed by atoms with Gasteiger partial charge in [-0.15, -0.1) is 34.0 Å². The molecule has 27 rings (SSSR count). The number of aromatic nitrogens is 3. The first kappa shape index (κ1) is 77.8. The number of hydrogen-bond donors (Lipinski definition) is 0. The largest absolute Gasteiger partial charge is 0.308 e. The van der Waals surface area contributed by atoms with E-state index >= 15 is 0 Å². The average Bonchev–Trinajstić information content (AvgIpc) is 1.56. The van der Waals surface area contributed by atoms with Crippen molar-refractivity contribution in [1.29, 1.82) is 0 Å². The summed E-state index contributed by atoms with van der Waals surface area (Å²) >= 11 is 5.62. The molecule has 622 valence electrons. The zero-order chi connectivity index (χ0) is 87.3. The summed E-state index contributed by atoms with van der Waals surface area (Å²) in [5.41, 5.74) is 23.4. The molecule has 0 amide bonds. The number of thiophene rings is 3. The minimum Gasteiger partial charge on any atom is -0.308 e. The van der Waals surface area contributed by atoms with Crippen molar-refractivity contribution >= 4 is 233 Å². The van der Waals surface area contributed by atoms with Gasteiger partial charge in [-0.25, -0.2) is 4.39 Å². The summed E-state index contributed by atoms with van der Waals surface area (Å²) in [5, 5.41) is 19.7. The Morgan fingerprint density at radius 3 is 0.765 bits per heavy atom. The first-order chi connectivity index (χ1) is 65.5. The van der Waals surface area contributed by atoms with Crippen LogP contribution in [0.15, 0.2) is 479 Å². The standard InChI is InChI=1S/C46H30N2S.C40H26N2S.C36H23FN2S/c1-2-17-34(18-3-1)48-42-24-9-8-21-39(42)46-44(48)40-23-12-26-43(45(40)49-46)47(41-25-11-16-32-14-5-7-20-38(32)41)35-29-27-33(28-30-35)37-22-10-15-31-13-4-6-19-36(31)37;1-2-17-29(18-3-1)41-36-23-9-8-21-32(36)40-38(41)33-22-12-26-37(39(33)43-40)42(34-24-10-15-27-13-4-6-19-30(27)34)35-25-11-16-28-14-5-7-20-31(28)35;37-25-20-22-27(23-21-25)38(31-18-8-11-24-10-4-5-14-28(24)31)33-19-9-16-30-34-36(40-35(30)33)29-15-6-7-17-32(29)39(34)26-12-2-1-3-13-26/h1-30H;1-26H;1-23H. The number of para-hydroxylation sites is 6. The molecule has 0 aliphatic rings. The van der Waals surface area contributed by atoms with Crippen LogP contribution in [-0.2, 0) is 0 Å². The second kappa shape index (κ2) is 32.7. The van der Waals surface area contributed by atoms with E-state index in [2.05, 4.69) is 483 Å². The first-order valence-electron chi connectivity index (χ1n) is 44.6. The predicted molar refractivity (Wildman–Crippen MR) is 565 cm³/mol. The fourth-order valence-corrected chi connectivity index (χ4v) is 24.1. The summed E-state index contributed by atoms with van der Waals surface area (Å²) in [5.74, 6) is -0.245. The van der Waals surface area contributed by atoms with Crippen molar-refractivity contribution in [2.24, 2.45) is 0 Å². The van der Waals surface area contributed by atoms with Crippen molar-refractivity contribution in [2.45, 2.75) is 0 Å². The Bertz CT molecular complexity index is 9040. The van der Waals surface area contributed by atoms with Crippen molar-refractivity contribution < 1.29 is 4.39 Å². The minimum absolute atomic E-state index is 0.245. The van der Waals surface area contributed by atoms with E-state index in [9.17, 15) is 4.39 Å². The van der Waals surface area contributed by atoms with E-state index in [4.69, 9.17) is 0 Å². The van der Waals surface area contributed by atoms with E-state index < -0.39 is 0 Å². The predicted octanol–water partition coefficient (Wildman–Crippen LogP) is 36.0. The number of nitrogens with zero attached hydrogens (tertiary/aromatic N) is 6. The van der Waals surface area contributed by atoms with Crippen LogP contribution in [0.1, 0.15) is 0 Å². The molecule has 0 unspecified atom stereocenters. The van der Waals surface area contributed by atoms with Gasteiger partial charge in [-0.3, -0.25) is 0 Å². The summed E-state index contributed by atoms with van der Waals surface area (Å²) in [6, 6.07) is 170. The number of hydrogen-bond acceptors (Lipinski definition) is 6. The molecule has 0 fully saturated rings. The summed E-state index contributed by atoms with van der Waals surface area (Å²) < 4.78 is 29.0. The van der Waals surface area contributed by atoms with Crippen LogP contribution in [0.4, 0.5) is 55.6 Å². The lowest BCUT2D eigenvalue weighted by atomic mass is 9.98. The molecule has 6 nitrogen and oxygen atoms in total. The summed E-state index contributed by atoms with van der Waals surface area (Å²) in [4.78, 5) is 7.22. The van der Waals surface area contributed by atoms with Gasteiger partial charge in [0.2, 0.25) is 0 Å². The van der Waals surface area contributed by atoms with Crippen LogP contribution >= 0.6 is 34.0 Å². The summed E-state index contributed by atoms with van der Waals surface area (Å²) in [6.07, 6.45) is 0. The third-order valence-electron chi connectivity index (χ3n) is 26.0. The monoisotopic (exact) mass is 1740 g/mol. The molecule has 0 spiro atoms. The molecule has 0 atom stereocenters. The Morgan fingerprint density at radius 1 is 0.174 bits per heavy atom. The maximum atomic E-state index is 14.1. The second-order valence-corrected chi connectivity index (χ2v) is 36.5. The molecular weight excluding hydrogens is 1660 g/mol.